The topological polar surface area (TPSA) is 64.3 Å². The number of hydrazone groups is 1. The lowest BCUT2D eigenvalue weighted by Crippen LogP contribution is -1.97. The molecule has 0 unspecified atom stereocenters. The van der Waals surface area contributed by atoms with Crippen LogP contribution in [-0.2, 0) is 7.05 Å². The summed E-state index contributed by atoms with van der Waals surface area (Å²) in [6, 6.07) is 7.80. The van der Waals surface area contributed by atoms with E-state index in [0.717, 1.165) is 28.0 Å². The first kappa shape index (κ1) is 14.3. The summed E-state index contributed by atoms with van der Waals surface area (Å²) in [5.41, 5.74) is 4.87. The van der Waals surface area contributed by atoms with Gasteiger partial charge in [-0.25, -0.2) is 9.97 Å². The molecule has 0 aliphatic heterocycles. The van der Waals surface area contributed by atoms with E-state index in [0.29, 0.717) is 0 Å². The van der Waals surface area contributed by atoms with Crippen molar-refractivity contribution < 1.29 is 4.74 Å². The first-order valence-corrected chi connectivity index (χ1v) is 7.50. The van der Waals surface area contributed by atoms with Crippen molar-refractivity contribution in [3.63, 3.8) is 0 Å². The van der Waals surface area contributed by atoms with Gasteiger partial charge in [0.05, 0.1) is 19.0 Å². The predicted molar refractivity (Wildman–Crippen MR) is 88.5 cm³/mol. The number of benzene rings is 1. The number of nitrogens with zero attached hydrogens (tertiary/aromatic N) is 4. The number of aryl methyl sites for hydroxylation is 1. The summed E-state index contributed by atoms with van der Waals surface area (Å²) >= 11 is 1.50. The minimum atomic E-state index is 0.733. The monoisotopic (exact) mass is 313 g/mol. The summed E-state index contributed by atoms with van der Waals surface area (Å²) in [5.74, 6) is 1.61. The predicted octanol–water partition coefficient (Wildman–Crippen LogP) is 3.00. The van der Waals surface area contributed by atoms with E-state index in [-0.39, 0.29) is 0 Å². The normalized spacial score (nSPS) is 11.0. The number of anilines is 1. The molecule has 112 valence electrons. The highest BCUT2D eigenvalue weighted by molar-refractivity contribution is 7.14. The zero-order chi connectivity index (χ0) is 15.4. The highest BCUT2D eigenvalue weighted by atomic mass is 32.1. The molecule has 0 saturated heterocycles. The molecule has 0 aliphatic rings. The Kier molecular flexibility index (Phi) is 4.15. The van der Waals surface area contributed by atoms with E-state index in [1.54, 1.807) is 19.5 Å². The second-order valence-corrected chi connectivity index (χ2v) is 5.39. The van der Waals surface area contributed by atoms with Crippen LogP contribution < -0.4 is 10.2 Å². The van der Waals surface area contributed by atoms with Gasteiger partial charge in [-0.15, -0.1) is 11.3 Å². The van der Waals surface area contributed by atoms with Crippen LogP contribution in [0, 0.1) is 0 Å². The van der Waals surface area contributed by atoms with Crippen LogP contribution in [0.5, 0.6) is 5.75 Å². The van der Waals surface area contributed by atoms with Crippen molar-refractivity contribution in [1.82, 2.24) is 14.5 Å². The molecule has 22 heavy (non-hydrogen) atoms. The average Bonchev–Trinajstić information content (AvgIpc) is 3.17. The van der Waals surface area contributed by atoms with Crippen molar-refractivity contribution in [1.29, 1.82) is 0 Å². The molecule has 1 N–H and O–H groups in total. The van der Waals surface area contributed by atoms with Gasteiger partial charge in [0.1, 0.15) is 5.75 Å². The minimum Gasteiger partial charge on any atom is -0.497 e. The molecule has 2 aromatic heterocycles. The molecule has 0 spiro atoms. The molecule has 3 aromatic rings. The third-order valence-corrected chi connectivity index (χ3v) is 3.84. The summed E-state index contributed by atoms with van der Waals surface area (Å²) < 4.78 is 7.04. The van der Waals surface area contributed by atoms with Crippen LogP contribution in [0.1, 0.15) is 5.82 Å². The van der Waals surface area contributed by atoms with Crippen LogP contribution in [0.25, 0.3) is 11.3 Å². The lowest BCUT2D eigenvalue weighted by atomic mass is 10.2. The Balaban J connectivity index is 1.68. The fourth-order valence-electron chi connectivity index (χ4n) is 1.87. The van der Waals surface area contributed by atoms with Crippen LogP contribution in [0.2, 0.25) is 0 Å². The van der Waals surface area contributed by atoms with Gasteiger partial charge in [-0.2, -0.15) is 5.10 Å². The molecule has 0 bridgehead atoms. The Morgan fingerprint density at radius 2 is 2.14 bits per heavy atom. The molecule has 0 aliphatic carbocycles. The standard InChI is InChI=1S/C15H15N5OS/c1-20-8-7-16-14(20)9-17-19-15-18-13(10-22-15)11-3-5-12(21-2)6-4-11/h3-10H,1-2H3,(H,18,19). The molecule has 0 atom stereocenters. The van der Waals surface area contributed by atoms with E-state index < -0.39 is 0 Å². The molecule has 3 rings (SSSR count). The average molecular weight is 313 g/mol. The van der Waals surface area contributed by atoms with Crippen molar-refractivity contribution in [3.05, 3.63) is 47.9 Å². The molecule has 1 aromatic carbocycles. The van der Waals surface area contributed by atoms with Gasteiger partial charge in [0.2, 0.25) is 5.13 Å². The zero-order valence-electron chi connectivity index (χ0n) is 12.2. The Hall–Kier alpha value is -2.67. The highest BCUT2D eigenvalue weighted by Gasteiger charge is 2.04. The van der Waals surface area contributed by atoms with Crippen molar-refractivity contribution in [3.8, 4) is 17.0 Å². The Labute approximate surface area is 132 Å². The Bertz CT molecular complexity index is 775. The molecule has 0 radical (unpaired) electrons. The first-order valence-electron chi connectivity index (χ1n) is 6.62. The second-order valence-electron chi connectivity index (χ2n) is 4.53. The third-order valence-electron chi connectivity index (χ3n) is 3.09. The molecular weight excluding hydrogens is 298 g/mol. The fourth-order valence-corrected chi connectivity index (χ4v) is 2.53. The molecule has 0 saturated carbocycles. The van der Waals surface area contributed by atoms with E-state index >= 15 is 0 Å². The maximum Gasteiger partial charge on any atom is 0.203 e. The number of rotatable bonds is 5. The third kappa shape index (κ3) is 3.15. The molecule has 0 amide bonds. The maximum atomic E-state index is 5.15. The minimum absolute atomic E-state index is 0.733. The van der Waals surface area contributed by atoms with Gasteiger partial charge in [0.15, 0.2) is 5.82 Å². The molecule has 2 heterocycles. The van der Waals surface area contributed by atoms with E-state index in [2.05, 4.69) is 20.5 Å². The van der Waals surface area contributed by atoms with Gasteiger partial charge in [-0.1, -0.05) is 0 Å². The molecule has 6 nitrogen and oxygen atoms in total. The Morgan fingerprint density at radius 3 is 2.82 bits per heavy atom. The van der Waals surface area contributed by atoms with E-state index in [1.165, 1.54) is 11.3 Å². The summed E-state index contributed by atoms with van der Waals surface area (Å²) in [5, 5.41) is 6.87. The first-order chi connectivity index (χ1) is 10.8. The Morgan fingerprint density at radius 1 is 1.32 bits per heavy atom. The number of methoxy groups -OCH3 is 1. The fraction of sp³-hybridized carbons (Fsp3) is 0.133. The number of aromatic nitrogens is 3. The van der Waals surface area contributed by atoms with E-state index in [4.69, 9.17) is 4.74 Å². The quantitative estimate of drug-likeness (QED) is 0.581. The summed E-state index contributed by atoms with van der Waals surface area (Å²) in [7, 11) is 3.57. The van der Waals surface area contributed by atoms with Gasteiger partial charge in [0, 0.05) is 30.4 Å². The van der Waals surface area contributed by atoms with Gasteiger partial charge in [0.25, 0.3) is 0 Å². The van der Waals surface area contributed by atoms with Crippen molar-refractivity contribution in [2.75, 3.05) is 12.5 Å². The number of thiazole rings is 1. The van der Waals surface area contributed by atoms with Gasteiger partial charge in [-0.3, -0.25) is 5.43 Å². The second kappa shape index (κ2) is 6.40. The lowest BCUT2D eigenvalue weighted by Gasteiger charge is -2.00. The van der Waals surface area contributed by atoms with Gasteiger partial charge in [-0.05, 0) is 24.3 Å². The largest absolute Gasteiger partial charge is 0.497 e. The van der Waals surface area contributed by atoms with Crippen LogP contribution in [0.15, 0.2) is 47.1 Å². The summed E-state index contributed by atoms with van der Waals surface area (Å²) in [6.45, 7) is 0. The van der Waals surface area contributed by atoms with Crippen LogP contribution in [0.4, 0.5) is 5.13 Å². The van der Waals surface area contributed by atoms with Crippen LogP contribution in [-0.4, -0.2) is 27.9 Å². The van der Waals surface area contributed by atoms with Crippen LogP contribution in [0.3, 0.4) is 0 Å². The lowest BCUT2D eigenvalue weighted by molar-refractivity contribution is 0.415. The number of hydrogen-bond donors (Lipinski definition) is 1. The number of ether oxygens (including phenoxy) is 1. The summed E-state index contributed by atoms with van der Waals surface area (Å²) in [4.78, 5) is 8.66. The van der Waals surface area contributed by atoms with E-state index in [9.17, 15) is 0 Å². The van der Waals surface area contributed by atoms with Crippen molar-refractivity contribution >= 4 is 22.7 Å². The van der Waals surface area contributed by atoms with Crippen molar-refractivity contribution in [2.24, 2.45) is 12.1 Å². The van der Waals surface area contributed by atoms with E-state index in [1.807, 2.05) is 47.5 Å². The molecule has 0 fully saturated rings. The van der Waals surface area contributed by atoms with Gasteiger partial charge >= 0.3 is 0 Å². The molecular formula is C15H15N5OS. The highest BCUT2D eigenvalue weighted by Crippen LogP contribution is 2.26. The molecule has 7 heteroatoms. The SMILES string of the molecule is COc1ccc(-c2csc(NN=Cc3nccn3C)n2)cc1. The van der Waals surface area contributed by atoms with Crippen molar-refractivity contribution in [2.45, 2.75) is 0 Å². The summed E-state index contributed by atoms with van der Waals surface area (Å²) in [6.07, 6.45) is 5.26. The van der Waals surface area contributed by atoms with Gasteiger partial charge < -0.3 is 9.30 Å². The number of nitrogens with one attached hydrogen (secondary N) is 1. The van der Waals surface area contributed by atoms with Crippen LogP contribution >= 0.6 is 11.3 Å². The zero-order valence-corrected chi connectivity index (χ0v) is 13.0. The number of imidazole rings is 1. The maximum absolute atomic E-state index is 5.15. The number of hydrogen-bond acceptors (Lipinski definition) is 6. The smallest absolute Gasteiger partial charge is 0.203 e.